The van der Waals surface area contributed by atoms with E-state index in [0.29, 0.717) is 17.3 Å². The number of hydrogen-bond donors (Lipinski definition) is 0. The molecule has 1 rings (SSSR count). The van der Waals surface area contributed by atoms with Gasteiger partial charge in [-0.05, 0) is 17.7 Å². The summed E-state index contributed by atoms with van der Waals surface area (Å²) in [7, 11) is -4.25. The van der Waals surface area contributed by atoms with Gasteiger partial charge >= 0.3 is 29.6 Å². The number of rotatable bonds is 3. The second kappa shape index (κ2) is 10.4. The Morgan fingerprint density at radius 1 is 1.18 bits per heavy atom. The average Bonchev–Trinajstić information content (AvgIpc) is 2.27. The maximum atomic E-state index is 10.2. The quantitative estimate of drug-likeness (QED) is 0.290. The van der Waals surface area contributed by atoms with Crippen LogP contribution in [0.3, 0.4) is 0 Å². The largest absolute Gasteiger partial charge is 1.00 e. The number of carbonyl (C=O) groups is 1. The van der Waals surface area contributed by atoms with E-state index in [-0.39, 0.29) is 29.6 Å². The number of carbonyl (C=O) groups excluding carboxylic acids is 1. The first-order chi connectivity index (χ1) is 7.49. The summed E-state index contributed by atoms with van der Waals surface area (Å²) >= 11 is 0. The average molecular weight is 262 g/mol. The molecular formula is C11H11NaO4S. The minimum atomic E-state index is -4.25. The van der Waals surface area contributed by atoms with E-state index >= 15 is 0 Å². The Labute approximate surface area is 123 Å². The summed E-state index contributed by atoms with van der Waals surface area (Å²) in [5.74, 6) is 0. The van der Waals surface area contributed by atoms with E-state index in [4.69, 9.17) is 4.79 Å². The summed E-state index contributed by atoms with van der Waals surface area (Å²) in [5.41, 5.74) is 0.692. The standard InChI is InChI=1S/C8H8O3S.C3H4O.Na/c9-12(10,11)7-6-8-4-2-1-3-5-8;1-2-3-4;/h1-7H,(H,9,10,11);2-3H,1H2;/q;;+1/p-1. The summed E-state index contributed by atoms with van der Waals surface area (Å²) in [6.45, 7) is 3.11. The smallest absolute Gasteiger partial charge is 0.744 e. The van der Waals surface area contributed by atoms with E-state index in [2.05, 4.69) is 6.58 Å². The van der Waals surface area contributed by atoms with E-state index in [1.54, 1.807) is 24.3 Å². The van der Waals surface area contributed by atoms with Crippen LogP contribution in [0.5, 0.6) is 0 Å². The van der Waals surface area contributed by atoms with Gasteiger partial charge in [0.05, 0.1) is 0 Å². The Bertz CT molecular complexity index is 446. The van der Waals surface area contributed by atoms with Gasteiger partial charge < -0.3 is 4.55 Å². The van der Waals surface area contributed by atoms with E-state index in [1.807, 2.05) is 6.07 Å². The molecule has 0 aliphatic carbocycles. The maximum absolute atomic E-state index is 10.2. The van der Waals surface area contributed by atoms with E-state index in [9.17, 15) is 13.0 Å². The second-order valence-electron chi connectivity index (χ2n) is 2.58. The molecule has 0 aliphatic rings. The van der Waals surface area contributed by atoms with Crippen LogP contribution in [0.2, 0.25) is 0 Å². The molecule has 0 heterocycles. The molecule has 0 radical (unpaired) electrons. The zero-order valence-corrected chi connectivity index (χ0v) is 12.3. The first-order valence-corrected chi connectivity index (χ1v) is 5.72. The molecule has 1 aromatic carbocycles. The van der Waals surface area contributed by atoms with Crippen molar-refractivity contribution in [2.24, 2.45) is 0 Å². The molecule has 0 spiro atoms. The number of aldehydes is 1. The molecule has 0 N–H and O–H groups in total. The maximum Gasteiger partial charge on any atom is 1.00 e. The van der Waals surface area contributed by atoms with Gasteiger partial charge in [0.25, 0.3) is 0 Å². The fourth-order valence-corrected chi connectivity index (χ4v) is 1.05. The van der Waals surface area contributed by atoms with Crippen molar-refractivity contribution in [1.29, 1.82) is 0 Å². The van der Waals surface area contributed by atoms with Crippen LogP contribution in [0.1, 0.15) is 5.56 Å². The van der Waals surface area contributed by atoms with Crippen LogP contribution < -0.4 is 29.6 Å². The molecule has 17 heavy (non-hydrogen) atoms. The Hall–Kier alpha value is -0.720. The number of allylic oxidation sites excluding steroid dienone is 1. The van der Waals surface area contributed by atoms with Crippen LogP contribution >= 0.6 is 0 Å². The third-order valence-electron chi connectivity index (χ3n) is 1.32. The van der Waals surface area contributed by atoms with Gasteiger partial charge in [0.2, 0.25) is 0 Å². The Morgan fingerprint density at radius 2 is 1.65 bits per heavy atom. The Kier molecular flexibility index (Phi) is 11.4. The van der Waals surface area contributed by atoms with Crippen LogP contribution in [-0.4, -0.2) is 19.3 Å². The van der Waals surface area contributed by atoms with E-state index < -0.39 is 10.1 Å². The first-order valence-electron chi connectivity index (χ1n) is 4.25. The minimum absolute atomic E-state index is 0. The van der Waals surface area contributed by atoms with Crippen molar-refractivity contribution < 1.29 is 47.3 Å². The summed E-state index contributed by atoms with van der Waals surface area (Å²) in [6, 6.07) is 8.75. The third-order valence-corrected chi connectivity index (χ3v) is 1.79. The van der Waals surface area contributed by atoms with Crippen molar-refractivity contribution >= 4 is 22.5 Å². The molecule has 86 valence electrons. The molecule has 0 aliphatic heterocycles. The van der Waals surface area contributed by atoms with Gasteiger partial charge in [-0.25, -0.2) is 8.42 Å². The van der Waals surface area contributed by atoms with Gasteiger partial charge in [0.1, 0.15) is 16.4 Å². The minimum Gasteiger partial charge on any atom is -0.744 e. The fraction of sp³-hybridized carbons (Fsp3) is 0. The first kappa shape index (κ1) is 18.6. The molecule has 0 amide bonds. The second-order valence-corrected chi connectivity index (χ2v) is 3.84. The van der Waals surface area contributed by atoms with Crippen molar-refractivity contribution in [2.75, 3.05) is 0 Å². The normalized spacial score (nSPS) is 9.71. The molecule has 6 heteroatoms. The summed E-state index contributed by atoms with van der Waals surface area (Å²) in [6.07, 6.45) is 3.10. The van der Waals surface area contributed by atoms with Crippen molar-refractivity contribution in [3.63, 3.8) is 0 Å². The van der Waals surface area contributed by atoms with Crippen LogP contribution in [0, 0.1) is 0 Å². The van der Waals surface area contributed by atoms with Crippen LogP contribution in [0.25, 0.3) is 6.08 Å². The topological polar surface area (TPSA) is 74.3 Å². The predicted octanol–water partition coefficient (Wildman–Crippen LogP) is -1.42. The molecule has 0 fully saturated rings. The number of hydrogen-bond acceptors (Lipinski definition) is 4. The monoisotopic (exact) mass is 262 g/mol. The number of benzene rings is 1. The van der Waals surface area contributed by atoms with Crippen LogP contribution in [0.4, 0.5) is 0 Å². The summed E-state index contributed by atoms with van der Waals surface area (Å²) < 4.78 is 30.5. The van der Waals surface area contributed by atoms with E-state index in [0.717, 1.165) is 0 Å². The molecule has 0 atom stereocenters. The molecule has 0 unspecified atom stereocenters. The summed E-state index contributed by atoms with van der Waals surface area (Å²) in [5, 5.41) is 0.641. The SMILES string of the molecule is C=CC=O.O=S(=O)([O-])C=Cc1ccccc1.[Na+]. The van der Waals surface area contributed by atoms with Gasteiger partial charge in [-0.2, -0.15) is 0 Å². The zero-order valence-electron chi connectivity index (χ0n) is 9.44. The third kappa shape index (κ3) is 13.2. The van der Waals surface area contributed by atoms with Crippen LogP contribution in [0.15, 0.2) is 48.4 Å². The van der Waals surface area contributed by atoms with Gasteiger partial charge in [-0.15, -0.1) is 0 Å². The van der Waals surface area contributed by atoms with Crippen molar-refractivity contribution in [1.82, 2.24) is 0 Å². The van der Waals surface area contributed by atoms with Crippen molar-refractivity contribution in [3.8, 4) is 0 Å². The van der Waals surface area contributed by atoms with Crippen LogP contribution in [-0.2, 0) is 14.9 Å². The van der Waals surface area contributed by atoms with Gasteiger partial charge in [-0.1, -0.05) is 36.9 Å². The molecule has 0 aromatic heterocycles. The molecule has 1 aromatic rings. The Balaban J connectivity index is 0. The van der Waals surface area contributed by atoms with Gasteiger partial charge in [-0.3, -0.25) is 4.79 Å². The molecule has 0 saturated heterocycles. The molecule has 0 saturated carbocycles. The molecule has 4 nitrogen and oxygen atoms in total. The Morgan fingerprint density at radius 3 is 2.00 bits per heavy atom. The summed E-state index contributed by atoms with van der Waals surface area (Å²) in [4.78, 5) is 9.06. The van der Waals surface area contributed by atoms with Gasteiger partial charge in [0.15, 0.2) is 0 Å². The molecule has 0 bridgehead atoms. The fourth-order valence-electron chi connectivity index (χ4n) is 0.726. The zero-order chi connectivity index (χ0) is 12.4. The van der Waals surface area contributed by atoms with Crippen molar-refractivity contribution in [2.45, 2.75) is 0 Å². The molecular weight excluding hydrogens is 251 g/mol. The van der Waals surface area contributed by atoms with Gasteiger partial charge in [0, 0.05) is 5.41 Å². The van der Waals surface area contributed by atoms with Crippen molar-refractivity contribution in [3.05, 3.63) is 54.0 Å². The van der Waals surface area contributed by atoms with E-state index in [1.165, 1.54) is 12.2 Å². The predicted molar refractivity (Wildman–Crippen MR) is 61.4 cm³/mol.